The van der Waals surface area contributed by atoms with E-state index in [1.807, 2.05) is 25.1 Å². The zero-order valence-electron chi connectivity index (χ0n) is 29.2. The molecule has 5 rings (SSSR count). The number of nitrogens with two attached hydrogens (primary N) is 3. The fourth-order valence-corrected chi connectivity index (χ4v) is 8.14. The number of aromatic amines is 1. The molecule has 1 aromatic heterocycles. The number of hydrogen-bond acceptors (Lipinski definition) is 6. The summed E-state index contributed by atoms with van der Waals surface area (Å²) in [5, 5.41) is 27.3. The van der Waals surface area contributed by atoms with Gasteiger partial charge < -0.3 is 47.3 Å². The first kappa shape index (κ1) is 37.5. The molecule has 2 aliphatic rings. The predicted molar refractivity (Wildman–Crippen MR) is 201 cm³/mol. The molecule has 0 spiro atoms. The molecule has 1 heterocycles. The fraction of sp³-hybridized carbons (Fsp3) is 0.450. The molecular weight excluding hydrogens is 644 g/mol. The van der Waals surface area contributed by atoms with Crippen molar-refractivity contribution in [1.29, 1.82) is 0 Å². The standard InChI is InChI=1S/C40H51N6O5/c1-24(23-49)4-10-31(41)11-9-26-7-8-28-19-30-18-27-6-5-25(12-15-47)17-29(27)20-32(30)39(26)33(28)21-36(45-37-3-2-14-44-37)34(22-38(50)51)35(13-16-48)46-40(42)43/h2-3,5-8,14-15,17-18,20,22-24,26,28,31,33,35-36,39,44,48H,4,9-13,16,19,21,41H2,1H3,(H,50,51)(H4,42,43,46)/q-1/b34-22+/t24-,26-,28+,31-,33-,35-,36+,39-/m0/s1. The number of allylic oxidation sites excluding steroid dienone is 2. The highest BCUT2D eigenvalue weighted by Crippen LogP contribution is 2.53. The summed E-state index contributed by atoms with van der Waals surface area (Å²) >= 11 is 0. The minimum atomic E-state index is -1.15. The van der Waals surface area contributed by atoms with Crippen LogP contribution in [0.25, 0.3) is 16.1 Å². The molecule has 0 unspecified atom stereocenters. The van der Waals surface area contributed by atoms with Crippen LogP contribution >= 0.6 is 0 Å². The number of fused-ring (bicyclic) bond motifs is 5. The number of carbonyl (C=O) groups excluding carboxylic acids is 2. The van der Waals surface area contributed by atoms with Crippen LogP contribution in [-0.4, -0.2) is 64.4 Å². The van der Waals surface area contributed by atoms with Crippen molar-refractivity contribution in [1.82, 2.24) is 4.98 Å². The van der Waals surface area contributed by atoms with E-state index in [1.54, 1.807) is 6.20 Å². The van der Waals surface area contributed by atoms with E-state index in [-0.39, 0.29) is 54.6 Å². The largest absolute Gasteiger partial charge is 0.478 e. The number of nitrogens with zero attached hydrogens (tertiary/aromatic N) is 2. The summed E-state index contributed by atoms with van der Waals surface area (Å²) in [4.78, 5) is 42.4. The minimum Gasteiger partial charge on any atom is -0.478 e. The van der Waals surface area contributed by atoms with Crippen molar-refractivity contribution >= 4 is 41.1 Å². The number of nitrogens with one attached hydrogen (secondary N) is 1. The maximum Gasteiger partial charge on any atom is 0.328 e. The number of aromatic nitrogens is 1. The topological polar surface area (TPSA) is 212 Å². The molecular formula is C40H51N6O5-. The summed E-state index contributed by atoms with van der Waals surface area (Å²) < 4.78 is 0. The zero-order chi connectivity index (χ0) is 36.5. The second kappa shape index (κ2) is 17.5. The minimum absolute atomic E-state index is 0.0274. The molecule has 272 valence electrons. The van der Waals surface area contributed by atoms with E-state index in [0.717, 1.165) is 67.1 Å². The molecule has 2 aromatic carbocycles. The lowest BCUT2D eigenvalue weighted by atomic mass is 9.58. The Morgan fingerprint density at radius 3 is 2.59 bits per heavy atom. The number of carbonyl (C=O) groups is 3. The highest BCUT2D eigenvalue weighted by atomic mass is 16.4. The Morgan fingerprint density at radius 2 is 1.90 bits per heavy atom. The molecule has 0 saturated carbocycles. The Morgan fingerprint density at radius 1 is 1.08 bits per heavy atom. The van der Waals surface area contributed by atoms with Gasteiger partial charge in [-0.3, -0.25) is 0 Å². The van der Waals surface area contributed by atoms with Crippen LogP contribution < -0.4 is 17.2 Å². The second-order valence-electron chi connectivity index (χ2n) is 14.2. The van der Waals surface area contributed by atoms with Gasteiger partial charge >= 0.3 is 5.97 Å². The van der Waals surface area contributed by atoms with E-state index in [9.17, 15) is 24.6 Å². The van der Waals surface area contributed by atoms with Gasteiger partial charge in [-0.15, -0.1) is 0 Å². The van der Waals surface area contributed by atoms with Crippen LogP contribution in [0.5, 0.6) is 0 Å². The van der Waals surface area contributed by atoms with Crippen molar-refractivity contribution in [3.63, 3.8) is 0 Å². The van der Waals surface area contributed by atoms with Crippen molar-refractivity contribution in [2.24, 2.45) is 45.9 Å². The van der Waals surface area contributed by atoms with Crippen molar-refractivity contribution < 1.29 is 24.6 Å². The third-order valence-electron chi connectivity index (χ3n) is 10.6. The van der Waals surface area contributed by atoms with Gasteiger partial charge in [-0.1, -0.05) is 73.6 Å². The molecule has 2 aliphatic carbocycles. The highest BCUT2D eigenvalue weighted by molar-refractivity contribution is 5.86. The third kappa shape index (κ3) is 9.53. The molecule has 2 bridgehead atoms. The lowest BCUT2D eigenvalue weighted by Crippen LogP contribution is -2.39. The Labute approximate surface area is 299 Å². The number of guanidine groups is 1. The van der Waals surface area contributed by atoms with Gasteiger partial charge in [-0.05, 0) is 108 Å². The van der Waals surface area contributed by atoms with Crippen molar-refractivity contribution in [2.75, 3.05) is 6.61 Å². The van der Waals surface area contributed by atoms with E-state index in [1.165, 1.54) is 11.1 Å². The van der Waals surface area contributed by atoms with Crippen LogP contribution in [0.4, 0.5) is 5.82 Å². The molecule has 8 atom stereocenters. The first-order valence-electron chi connectivity index (χ1n) is 18.0. The number of benzene rings is 2. The van der Waals surface area contributed by atoms with Crippen LogP contribution in [0.15, 0.2) is 77.5 Å². The van der Waals surface area contributed by atoms with Gasteiger partial charge in [0.05, 0.1) is 6.04 Å². The Hall–Kier alpha value is -4.74. The van der Waals surface area contributed by atoms with Crippen molar-refractivity contribution in [3.8, 4) is 0 Å². The zero-order valence-corrected chi connectivity index (χ0v) is 29.2. The van der Waals surface area contributed by atoms with E-state index in [0.29, 0.717) is 24.2 Å². The molecule has 0 radical (unpaired) electrons. The third-order valence-corrected chi connectivity index (χ3v) is 10.6. The van der Waals surface area contributed by atoms with Gasteiger partial charge in [0.25, 0.3) is 0 Å². The van der Waals surface area contributed by atoms with Gasteiger partial charge in [0.15, 0.2) is 5.96 Å². The average Bonchev–Trinajstić information content (AvgIpc) is 3.61. The Bertz CT molecular complexity index is 1750. The summed E-state index contributed by atoms with van der Waals surface area (Å²) in [5.74, 6) is -0.303. The highest BCUT2D eigenvalue weighted by Gasteiger charge is 2.43. The van der Waals surface area contributed by atoms with Gasteiger partial charge in [-0.2, -0.15) is 0 Å². The molecule has 51 heavy (non-hydrogen) atoms. The molecule has 11 nitrogen and oxygen atoms in total. The number of aliphatic hydroxyl groups is 1. The van der Waals surface area contributed by atoms with Crippen LogP contribution in [0.2, 0.25) is 0 Å². The number of hydrogen-bond donors (Lipinski definition) is 6. The van der Waals surface area contributed by atoms with Crippen molar-refractivity contribution in [3.05, 3.63) is 94.5 Å². The summed E-state index contributed by atoms with van der Waals surface area (Å²) in [6, 6.07) is 13.0. The number of carboxylic acids is 1. The molecule has 0 fully saturated rings. The molecule has 0 saturated heterocycles. The molecule has 9 N–H and O–H groups in total. The monoisotopic (exact) mass is 695 g/mol. The van der Waals surface area contributed by atoms with E-state index in [2.05, 4.69) is 46.4 Å². The van der Waals surface area contributed by atoms with Gasteiger partial charge in [0, 0.05) is 31.1 Å². The van der Waals surface area contributed by atoms with Crippen LogP contribution in [0, 0.1) is 23.7 Å². The fourth-order valence-electron chi connectivity index (χ4n) is 8.14. The van der Waals surface area contributed by atoms with Gasteiger partial charge in [-0.25, -0.2) is 9.79 Å². The van der Waals surface area contributed by atoms with Gasteiger partial charge in [0.2, 0.25) is 0 Å². The molecule has 11 heteroatoms. The molecule has 3 aromatic rings. The maximum absolute atomic E-state index is 12.3. The summed E-state index contributed by atoms with van der Waals surface area (Å²) in [5.41, 5.74) is 22.2. The number of aliphatic hydroxyl groups excluding tert-OH is 1. The summed E-state index contributed by atoms with van der Waals surface area (Å²) in [6.45, 7) is 1.67. The molecule has 0 aliphatic heterocycles. The maximum atomic E-state index is 12.3. The number of aliphatic imine (C=N–C) groups is 1. The summed E-state index contributed by atoms with van der Waals surface area (Å²) in [6.07, 6.45) is 14.4. The Balaban J connectivity index is 1.58. The van der Waals surface area contributed by atoms with Crippen LogP contribution in [0.3, 0.4) is 0 Å². The predicted octanol–water partition coefficient (Wildman–Crippen LogP) is 5.19. The second-order valence-corrected chi connectivity index (χ2v) is 14.2. The normalized spacial score (nSPS) is 22.0. The number of aldehydes is 2. The first-order valence-corrected chi connectivity index (χ1v) is 18.0. The van der Waals surface area contributed by atoms with Crippen LogP contribution in [0.1, 0.15) is 68.1 Å². The van der Waals surface area contributed by atoms with Crippen molar-refractivity contribution in [2.45, 2.75) is 82.3 Å². The first-order chi connectivity index (χ1) is 24.6. The van der Waals surface area contributed by atoms with Gasteiger partial charge in [0.1, 0.15) is 12.6 Å². The Kier molecular flexibility index (Phi) is 12.8. The molecule has 0 amide bonds. The van der Waals surface area contributed by atoms with Crippen LogP contribution in [-0.2, 0) is 27.2 Å². The smallest absolute Gasteiger partial charge is 0.328 e. The lowest BCUT2D eigenvalue weighted by molar-refractivity contribution is -0.131. The summed E-state index contributed by atoms with van der Waals surface area (Å²) in [7, 11) is 0. The number of rotatable bonds is 19. The van der Waals surface area contributed by atoms with E-state index in [4.69, 9.17) is 22.5 Å². The SMILES string of the molecule is C[C@H](C=O)CC[C@H](N)CC[C@@H]1C=C[C@@H]2Cc3cc4ccc(CC=O)cc4cc3[C@H]1[C@H]2C[C@@H]([N-]c1ccc[nH]1)/C(=C/C(=O)O)[C@H](CCO)N=C(N)N. The van der Waals surface area contributed by atoms with E-state index < -0.39 is 18.1 Å². The quantitative estimate of drug-likeness (QED) is 0.0322. The number of H-pyrrole nitrogens is 1. The lowest BCUT2D eigenvalue weighted by Gasteiger charge is -2.48. The van der Waals surface area contributed by atoms with E-state index >= 15 is 0 Å². The average molecular weight is 696 g/mol. The number of aliphatic carboxylic acids is 1. The number of carboxylic acid groups (broad SMARTS) is 1.